The van der Waals surface area contributed by atoms with Crippen LogP contribution in [0.1, 0.15) is 30.1 Å². The van der Waals surface area contributed by atoms with Crippen LogP contribution in [-0.4, -0.2) is 54.2 Å². The number of hydrogen-bond donors (Lipinski definition) is 1. The van der Waals surface area contributed by atoms with Crippen LogP contribution >= 0.6 is 22.9 Å². The summed E-state index contributed by atoms with van der Waals surface area (Å²) in [6.45, 7) is 2.76. The number of ether oxygens (including phenoxy) is 2. The van der Waals surface area contributed by atoms with E-state index in [1.54, 1.807) is 35.2 Å². The minimum Gasteiger partial charge on any atom is -0.497 e. The molecule has 10 heteroatoms. The van der Waals surface area contributed by atoms with Gasteiger partial charge in [-0.15, -0.1) is 10.2 Å². The molecule has 3 rings (SSSR count). The first-order valence-corrected chi connectivity index (χ1v) is 11.5. The highest BCUT2D eigenvalue weighted by Crippen LogP contribution is 2.27. The van der Waals surface area contributed by atoms with Gasteiger partial charge in [-0.25, -0.2) is 0 Å². The number of amides is 2. The average Bonchev–Trinajstić information content (AvgIpc) is 3.29. The Bertz CT molecular complexity index is 1080. The molecule has 174 valence electrons. The summed E-state index contributed by atoms with van der Waals surface area (Å²) >= 11 is 7.19. The topological polar surface area (TPSA) is 93.7 Å². The minimum atomic E-state index is -0.245. The summed E-state index contributed by atoms with van der Waals surface area (Å²) in [6.07, 6.45) is 0.887. The molecule has 2 amide bonds. The van der Waals surface area contributed by atoms with E-state index in [4.69, 9.17) is 21.1 Å². The first kappa shape index (κ1) is 24.5. The smallest absolute Gasteiger partial charge is 0.254 e. The molecule has 0 bridgehead atoms. The molecule has 0 saturated heterocycles. The summed E-state index contributed by atoms with van der Waals surface area (Å²) in [5.41, 5.74) is 1.31. The van der Waals surface area contributed by atoms with Gasteiger partial charge in [-0.1, -0.05) is 42.0 Å². The summed E-state index contributed by atoms with van der Waals surface area (Å²) < 4.78 is 10.5. The first-order valence-electron chi connectivity index (χ1n) is 10.3. The molecule has 0 atom stereocenters. The third-order valence-electron chi connectivity index (χ3n) is 4.75. The SMILES string of the molecule is CCCN(CCC(=O)Nc1nnc(-c2ccc(Cl)cc2)s1)C(=O)c1cc(OC)cc(OC)c1. The third-order valence-corrected chi connectivity index (χ3v) is 5.89. The van der Waals surface area contributed by atoms with Crippen molar-refractivity contribution in [2.75, 3.05) is 32.6 Å². The van der Waals surface area contributed by atoms with Gasteiger partial charge < -0.3 is 19.7 Å². The van der Waals surface area contributed by atoms with E-state index in [2.05, 4.69) is 15.5 Å². The monoisotopic (exact) mass is 488 g/mol. The van der Waals surface area contributed by atoms with Crippen molar-refractivity contribution in [3.8, 4) is 22.1 Å². The number of hydrogen-bond acceptors (Lipinski definition) is 7. The number of carbonyl (C=O) groups excluding carboxylic acids is 2. The number of carbonyl (C=O) groups is 2. The van der Waals surface area contributed by atoms with Crippen LogP contribution in [0.25, 0.3) is 10.6 Å². The van der Waals surface area contributed by atoms with Crippen molar-refractivity contribution in [3.63, 3.8) is 0 Å². The van der Waals surface area contributed by atoms with Crippen molar-refractivity contribution in [1.82, 2.24) is 15.1 Å². The molecule has 0 aliphatic rings. The van der Waals surface area contributed by atoms with Crippen LogP contribution in [-0.2, 0) is 4.79 Å². The number of nitrogens with one attached hydrogen (secondary N) is 1. The molecule has 1 heterocycles. The maximum Gasteiger partial charge on any atom is 0.254 e. The normalized spacial score (nSPS) is 10.5. The predicted molar refractivity (Wildman–Crippen MR) is 129 cm³/mol. The van der Waals surface area contributed by atoms with E-state index < -0.39 is 0 Å². The number of nitrogens with zero attached hydrogens (tertiary/aromatic N) is 3. The van der Waals surface area contributed by atoms with E-state index in [0.717, 1.165) is 12.0 Å². The molecule has 8 nitrogen and oxygen atoms in total. The zero-order chi connectivity index (χ0) is 23.8. The fourth-order valence-electron chi connectivity index (χ4n) is 3.10. The van der Waals surface area contributed by atoms with Crippen molar-refractivity contribution in [3.05, 3.63) is 53.1 Å². The standard InChI is InChI=1S/C23H25ClN4O4S/c1-4-10-28(22(30)16-12-18(31-2)14-19(13-16)32-3)11-9-20(29)25-23-27-26-21(33-23)15-5-7-17(24)8-6-15/h5-8,12-14H,4,9-11H2,1-3H3,(H,25,27,29). The van der Waals surface area contributed by atoms with Crippen LogP contribution in [0, 0.1) is 0 Å². The van der Waals surface area contributed by atoms with Gasteiger partial charge in [-0.05, 0) is 30.7 Å². The van der Waals surface area contributed by atoms with Crippen LogP contribution in [0.2, 0.25) is 5.02 Å². The Labute approximate surface area is 201 Å². The average molecular weight is 489 g/mol. The summed E-state index contributed by atoms with van der Waals surface area (Å²) in [4.78, 5) is 27.2. The Morgan fingerprint density at radius 3 is 2.30 bits per heavy atom. The summed E-state index contributed by atoms with van der Waals surface area (Å²) in [5.74, 6) is 0.619. The Morgan fingerprint density at radius 2 is 1.70 bits per heavy atom. The molecular formula is C23H25ClN4O4S. The second kappa shape index (κ2) is 11.6. The fourth-order valence-corrected chi connectivity index (χ4v) is 3.99. The molecule has 3 aromatic rings. The summed E-state index contributed by atoms with van der Waals surface area (Å²) in [7, 11) is 3.06. The summed E-state index contributed by atoms with van der Waals surface area (Å²) in [6, 6.07) is 12.3. The second-order valence-corrected chi connectivity index (χ2v) is 8.52. The molecule has 0 fully saturated rings. The van der Waals surface area contributed by atoms with Gasteiger partial charge in [0.05, 0.1) is 14.2 Å². The highest BCUT2D eigenvalue weighted by Gasteiger charge is 2.19. The summed E-state index contributed by atoms with van der Waals surface area (Å²) in [5, 5.41) is 12.6. The van der Waals surface area contributed by atoms with Crippen molar-refractivity contribution in [2.45, 2.75) is 19.8 Å². The van der Waals surface area contributed by atoms with Gasteiger partial charge in [0.25, 0.3) is 5.91 Å². The molecular weight excluding hydrogens is 464 g/mol. The van der Waals surface area contributed by atoms with E-state index in [0.29, 0.717) is 38.8 Å². The van der Waals surface area contributed by atoms with Crippen LogP contribution in [0.15, 0.2) is 42.5 Å². The number of aromatic nitrogens is 2. The van der Waals surface area contributed by atoms with Crippen LogP contribution in [0.5, 0.6) is 11.5 Å². The Balaban J connectivity index is 1.62. The second-order valence-electron chi connectivity index (χ2n) is 7.11. The van der Waals surface area contributed by atoms with Gasteiger partial charge in [0.15, 0.2) is 0 Å². The van der Waals surface area contributed by atoms with Crippen molar-refractivity contribution in [2.24, 2.45) is 0 Å². The van der Waals surface area contributed by atoms with Gasteiger partial charge in [0, 0.05) is 41.7 Å². The maximum absolute atomic E-state index is 13.1. The number of anilines is 1. The van der Waals surface area contributed by atoms with E-state index >= 15 is 0 Å². The van der Waals surface area contributed by atoms with Crippen molar-refractivity contribution < 1.29 is 19.1 Å². The zero-order valence-electron chi connectivity index (χ0n) is 18.6. The largest absolute Gasteiger partial charge is 0.497 e. The van der Waals surface area contributed by atoms with Gasteiger partial charge in [-0.2, -0.15) is 0 Å². The Hall–Kier alpha value is -3.17. The van der Waals surface area contributed by atoms with Crippen LogP contribution < -0.4 is 14.8 Å². The first-order chi connectivity index (χ1) is 15.9. The fraction of sp³-hybridized carbons (Fsp3) is 0.304. The predicted octanol–water partition coefficient (Wildman–Crippen LogP) is 4.76. The minimum absolute atomic E-state index is 0.128. The number of halogens is 1. The van der Waals surface area contributed by atoms with E-state index in [-0.39, 0.29) is 24.8 Å². The third kappa shape index (κ3) is 6.66. The van der Waals surface area contributed by atoms with E-state index in [1.165, 1.54) is 25.6 Å². The van der Waals surface area contributed by atoms with Crippen LogP contribution in [0.3, 0.4) is 0 Å². The lowest BCUT2D eigenvalue weighted by molar-refractivity contribution is -0.116. The highest BCUT2D eigenvalue weighted by molar-refractivity contribution is 7.18. The quantitative estimate of drug-likeness (QED) is 0.442. The molecule has 0 aliphatic heterocycles. The molecule has 0 saturated carbocycles. The molecule has 0 aliphatic carbocycles. The molecule has 0 radical (unpaired) electrons. The van der Waals surface area contributed by atoms with Crippen molar-refractivity contribution in [1.29, 1.82) is 0 Å². The molecule has 1 N–H and O–H groups in total. The lowest BCUT2D eigenvalue weighted by Crippen LogP contribution is -2.34. The van der Waals surface area contributed by atoms with Crippen LogP contribution in [0.4, 0.5) is 5.13 Å². The zero-order valence-corrected chi connectivity index (χ0v) is 20.2. The Morgan fingerprint density at radius 1 is 1.03 bits per heavy atom. The van der Waals surface area contributed by atoms with Gasteiger partial charge >= 0.3 is 0 Å². The molecule has 0 spiro atoms. The number of methoxy groups -OCH3 is 2. The van der Waals surface area contributed by atoms with E-state index in [9.17, 15) is 9.59 Å². The van der Waals surface area contributed by atoms with Crippen molar-refractivity contribution >= 4 is 39.9 Å². The number of rotatable bonds is 10. The van der Waals surface area contributed by atoms with Gasteiger partial charge in [0.2, 0.25) is 11.0 Å². The molecule has 1 aromatic heterocycles. The Kier molecular flexibility index (Phi) is 8.62. The molecule has 2 aromatic carbocycles. The van der Waals surface area contributed by atoms with Gasteiger partial charge in [0.1, 0.15) is 16.5 Å². The lowest BCUT2D eigenvalue weighted by Gasteiger charge is -2.22. The van der Waals surface area contributed by atoms with E-state index in [1.807, 2.05) is 19.1 Å². The lowest BCUT2D eigenvalue weighted by atomic mass is 10.1. The maximum atomic E-state index is 13.1. The number of benzene rings is 2. The molecule has 33 heavy (non-hydrogen) atoms. The van der Waals surface area contributed by atoms with Gasteiger partial charge in [-0.3, -0.25) is 9.59 Å². The highest BCUT2D eigenvalue weighted by atomic mass is 35.5. The molecule has 0 unspecified atom stereocenters.